The van der Waals surface area contributed by atoms with E-state index in [1.165, 1.54) is 18.4 Å². The summed E-state index contributed by atoms with van der Waals surface area (Å²) in [6, 6.07) is 15.1. The van der Waals surface area contributed by atoms with E-state index in [0.717, 1.165) is 17.7 Å². The fourth-order valence-corrected chi connectivity index (χ4v) is 3.85. The second kappa shape index (κ2) is 6.90. The number of amides is 1. The maximum atomic E-state index is 12.0. The fourth-order valence-electron chi connectivity index (χ4n) is 3.15. The van der Waals surface area contributed by atoms with Crippen molar-refractivity contribution >= 4 is 17.2 Å². The van der Waals surface area contributed by atoms with Crippen LogP contribution in [-0.4, -0.2) is 11.9 Å². The molecule has 3 heteroatoms. The Morgan fingerprint density at radius 2 is 1.81 bits per heavy atom. The van der Waals surface area contributed by atoms with Gasteiger partial charge in [-0.2, -0.15) is 0 Å². The monoisotopic (exact) mass is 299 g/mol. The van der Waals surface area contributed by atoms with Gasteiger partial charge in [0.15, 0.2) is 0 Å². The second-order valence-corrected chi connectivity index (χ2v) is 6.82. The van der Waals surface area contributed by atoms with E-state index in [1.807, 2.05) is 17.5 Å². The van der Waals surface area contributed by atoms with Crippen molar-refractivity contribution < 1.29 is 4.79 Å². The summed E-state index contributed by atoms with van der Waals surface area (Å²) >= 11 is 1.65. The highest BCUT2D eigenvalue weighted by Gasteiger charge is 2.23. The molecule has 2 aromatic rings. The van der Waals surface area contributed by atoms with Crippen molar-refractivity contribution in [1.29, 1.82) is 0 Å². The van der Waals surface area contributed by atoms with Crippen LogP contribution in [0.25, 0.3) is 0 Å². The molecule has 2 nitrogen and oxygen atoms in total. The topological polar surface area (TPSA) is 29.1 Å². The maximum Gasteiger partial charge on any atom is 0.225 e. The summed E-state index contributed by atoms with van der Waals surface area (Å²) in [5, 5.41) is 5.22. The molecule has 1 aromatic heterocycles. The number of carbonyl (C=O) groups excluding carboxylic acids is 1. The molecule has 1 aliphatic rings. The number of nitrogens with one attached hydrogen (secondary N) is 1. The molecule has 1 aromatic carbocycles. The maximum absolute atomic E-state index is 12.0. The van der Waals surface area contributed by atoms with E-state index < -0.39 is 0 Å². The number of carbonyl (C=O) groups is 1. The quantitative estimate of drug-likeness (QED) is 0.903. The van der Waals surface area contributed by atoms with Crippen molar-refractivity contribution in [2.24, 2.45) is 0 Å². The van der Waals surface area contributed by atoms with E-state index in [4.69, 9.17) is 0 Å². The van der Waals surface area contributed by atoms with Crippen LogP contribution in [0.15, 0.2) is 47.8 Å². The molecule has 1 heterocycles. The third-order valence-electron chi connectivity index (χ3n) is 4.28. The van der Waals surface area contributed by atoms with E-state index in [2.05, 4.69) is 35.6 Å². The zero-order chi connectivity index (χ0) is 14.5. The van der Waals surface area contributed by atoms with Crippen LogP contribution in [0.1, 0.15) is 42.0 Å². The lowest BCUT2D eigenvalue weighted by atomic mass is 9.82. The average Bonchev–Trinajstić information content (AvgIpc) is 3.02. The molecule has 3 rings (SSSR count). The summed E-state index contributed by atoms with van der Waals surface area (Å²) in [5.74, 6) is 0.831. The number of hydrogen-bond acceptors (Lipinski definition) is 2. The second-order valence-electron chi connectivity index (χ2n) is 5.78. The first-order chi connectivity index (χ1) is 10.3. The van der Waals surface area contributed by atoms with Gasteiger partial charge in [0.2, 0.25) is 5.91 Å². The molecule has 0 aliphatic heterocycles. The van der Waals surface area contributed by atoms with Crippen LogP contribution in [-0.2, 0) is 11.2 Å². The molecule has 0 saturated heterocycles. The largest absolute Gasteiger partial charge is 0.353 e. The molecule has 1 fully saturated rings. The summed E-state index contributed by atoms with van der Waals surface area (Å²) in [5.41, 5.74) is 1.45. The minimum absolute atomic E-state index is 0.167. The van der Waals surface area contributed by atoms with Crippen molar-refractivity contribution in [3.63, 3.8) is 0 Å². The normalized spacial score (nSPS) is 21.9. The molecular formula is C18H21NOS. The Morgan fingerprint density at radius 3 is 2.48 bits per heavy atom. The molecule has 0 bridgehead atoms. The molecule has 110 valence electrons. The van der Waals surface area contributed by atoms with Gasteiger partial charge in [0.25, 0.3) is 0 Å². The van der Waals surface area contributed by atoms with Gasteiger partial charge < -0.3 is 5.32 Å². The highest BCUT2D eigenvalue weighted by molar-refractivity contribution is 7.10. The van der Waals surface area contributed by atoms with Gasteiger partial charge in [-0.25, -0.2) is 0 Å². The first-order valence-corrected chi connectivity index (χ1v) is 8.56. The predicted molar refractivity (Wildman–Crippen MR) is 87.6 cm³/mol. The summed E-state index contributed by atoms with van der Waals surface area (Å²) < 4.78 is 0. The summed E-state index contributed by atoms with van der Waals surface area (Å²) in [6.45, 7) is 0. The number of rotatable bonds is 4. The van der Waals surface area contributed by atoms with Gasteiger partial charge in [-0.3, -0.25) is 4.79 Å². The van der Waals surface area contributed by atoms with Crippen LogP contribution in [0, 0.1) is 0 Å². The fraction of sp³-hybridized carbons (Fsp3) is 0.389. The number of hydrogen-bond donors (Lipinski definition) is 1. The lowest BCUT2D eigenvalue weighted by Crippen LogP contribution is -2.38. The molecule has 1 amide bonds. The van der Waals surface area contributed by atoms with E-state index in [9.17, 15) is 4.79 Å². The van der Waals surface area contributed by atoms with Gasteiger partial charge in [-0.05, 0) is 48.6 Å². The highest BCUT2D eigenvalue weighted by Crippen LogP contribution is 2.32. The molecule has 0 radical (unpaired) electrons. The molecule has 21 heavy (non-hydrogen) atoms. The van der Waals surface area contributed by atoms with Gasteiger partial charge in [0.05, 0.1) is 6.42 Å². The molecular weight excluding hydrogens is 278 g/mol. The van der Waals surface area contributed by atoms with Crippen LogP contribution in [0.4, 0.5) is 0 Å². The molecule has 0 spiro atoms. The van der Waals surface area contributed by atoms with E-state index in [0.29, 0.717) is 18.4 Å². The van der Waals surface area contributed by atoms with Gasteiger partial charge in [0.1, 0.15) is 0 Å². The standard InChI is InChI=1S/C18H21NOS/c20-18(13-17-7-4-12-21-17)19-16-10-8-15(9-11-16)14-5-2-1-3-6-14/h1-7,12,15-16H,8-11,13H2,(H,19,20). The first-order valence-electron chi connectivity index (χ1n) is 7.68. The number of benzene rings is 1. The highest BCUT2D eigenvalue weighted by atomic mass is 32.1. The lowest BCUT2D eigenvalue weighted by molar-refractivity contribution is -0.121. The molecule has 1 saturated carbocycles. The Balaban J connectivity index is 1.46. The zero-order valence-electron chi connectivity index (χ0n) is 12.1. The Morgan fingerprint density at radius 1 is 1.05 bits per heavy atom. The van der Waals surface area contributed by atoms with Crippen molar-refractivity contribution in [1.82, 2.24) is 5.32 Å². The Bertz CT molecular complexity index is 556. The first kappa shape index (κ1) is 14.3. The minimum atomic E-state index is 0.167. The van der Waals surface area contributed by atoms with Crippen LogP contribution in [0.5, 0.6) is 0 Å². The minimum Gasteiger partial charge on any atom is -0.353 e. The Labute approximate surface area is 130 Å². The van der Waals surface area contributed by atoms with Crippen LogP contribution in [0.2, 0.25) is 0 Å². The van der Waals surface area contributed by atoms with Gasteiger partial charge in [-0.1, -0.05) is 36.4 Å². The average molecular weight is 299 g/mol. The van der Waals surface area contributed by atoms with Crippen molar-refractivity contribution in [2.45, 2.75) is 44.1 Å². The summed E-state index contributed by atoms with van der Waals surface area (Å²) in [7, 11) is 0. The third kappa shape index (κ3) is 3.94. The van der Waals surface area contributed by atoms with Crippen molar-refractivity contribution in [3.05, 3.63) is 58.3 Å². The van der Waals surface area contributed by atoms with Crippen molar-refractivity contribution in [2.75, 3.05) is 0 Å². The zero-order valence-corrected chi connectivity index (χ0v) is 12.9. The Kier molecular flexibility index (Phi) is 4.71. The third-order valence-corrected chi connectivity index (χ3v) is 5.15. The molecule has 1 N–H and O–H groups in total. The number of thiophene rings is 1. The Hall–Kier alpha value is -1.61. The summed E-state index contributed by atoms with van der Waals surface area (Å²) in [4.78, 5) is 13.2. The summed E-state index contributed by atoms with van der Waals surface area (Å²) in [6.07, 6.45) is 5.06. The van der Waals surface area contributed by atoms with Crippen LogP contribution in [0.3, 0.4) is 0 Å². The van der Waals surface area contributed by atoms with Crippen LogP contribution < -0.4 is 5.32 Å². The van der Waals surface area contributed by atoms with Crippen LogP contribution >= 0.6 is 11.3 Å². The van der Waals surface area contributed by atoms with Gasteiger partial charge in [0, 0.05) is 10.9 Å². The lowest BCUT2D eigenvalue weighted by Gasteiger charge is -2.29. The predicted octanol–water partition coefficient (Wildman–Crippen LogP) is 4.13. The van der Waals surface area contributed by atoms with E-state index in [-0.39, 0.29) is 5.91 Å². The smallest absolute Gasteiger partial charge is 0.225 e. The van der Waals surface area contributed by atoms with Gasteiger partial charge >= 0.3 is 0 Å². The van der Waals surface area contributed by atoms with E-state index >= 15 is 0 Å². The molecule has 0 unspecified atom stereocenters. The van der Waals surface area contributed by atoms with Gasteiger partial charge in [-0.15, -0.1) is 11.3 Å². The van der Waals surface area contributed by atoms with Crippen molar-refractivity contribution in [3.8, 4) is 0 Å². The van der Waals surface area contributed by atoms with E-state index in [1.54, 1.807) is 11.3 Å². The SMILES string of the molecule is O=C(Cc1cccs1)NC1CCC(c2ccccc2)CC1. The molecule has 0 atom stereocenters. The molecule has 1 aliphatic carbocycles.